The lowest BCUT2D eigenvalue weighted by Crippen LogP contribution is -2.40. The van der Waals surface area contributed by atoms with E-state index in [0.29, 0.717) is 6.54 Å². The summed E-state index contributed by atoms with van der Waals surface area (Å²) in [5.41, 5.74) is 1.26. The monoisotopic (exact) mass is 421 g/mol. The number of nitrogens with zero attached hydrogens (tertiary/aromatic N) is 2. The number of pyridine rings is 1. The van der Waals surface area contributed by atoms with Crippen molar-refractivity contribution in [2.45, 2.75) is 36.1 Å². The molecule has 0 spiro atoms. The van der Waals surface area contributed by atoms with Gasteiger partial charge in [-0.1, -0.05) is 18.6 Å². The minimum atomic E-state index is -2.63. The maximum Gasteiger partial charge on any atom is 0.290 e. The summed E-state index contributed by atoms with van der Waals surface area (Å²) in [7, 11) is 1.63. The molecule has 1 aliphatic rings. The highest BCUT2D eigenvalue weighted by Gasteiger charge is 2.24. The van der Waals surface area contributed by atoms with Crippen molar-refractivity contribution in [3.63, 3.8) is 0 Å². The predicted molar refractivity (Wildman–Crippen MR) is 110 cm³/mol. The van der Waals surface area contributed by atoms with Gasteiger partial charge >= 0.3 is 0 Å². The summed E-state index contributed by atoms with van der Waals surface area (Å²) in [5.74, 6) is -2.24. The minimum absolute atomic E-state index is 0.00743. The van der Waals surface area contributed by atoms with E-state index in [0.717, 1.165) is 37.2 Å². The Bertz CT molecular complexity index is 799. The number of ether oxygens (including phenoxy) is 1. The molecule has 1 unspecified atom stereocenters. The molecule has 1 atom stereocenters. The standard InChI is InChI=1S/C21H25F2N3O2S/c1-28-16-9-7-15(8-10-16)18(26-12-3-2-4-13-26)14-25-19(27)17-6-5-11-24-20(17)29-21(22)23/h5-11,18,21H,2-4,12-14H2,1H3,(H,25,27). The Morgan fingerprint density at radius 1 is 1.21 bits per heavy atom. The number of hydrogen-bond acceptors (Lipinski definition) is 5. The van der Waals surface area contributed by atoms with Gasteiger partial charge in [0.2, 0.25) is 0 Å². The van der Waals surface area contributed by atoms with E-state index in [1.165, 1.54) is 18.7 Å². The van der Waals surface area contributed by atoms with Gasteiger partial charge in [0.25, 0.3) is 11.7 Å². The molecular weight excluding hydrogens is 396 g/mol. The molecule has 1 aromatic heterocycles. The van der Waals surface area contributed by atoms with Gasteiger partial charge in [-0.3, -0.25) is 9.69 Å². The second kappa shape index (κ2) is 10.5. The summed E-state index contributed by atoms with van der Waals surface area (Å²) in [6, 6.07) is 10.9. The van der Waals surface area contributed by atoms with Crippen LogP contribution in [0.4, 0.5) is 8.78 Å². The van der Waals surface area contributed by atoms with Crippen LogP contribution in [0.2, 0.25) is 0 Å². The lowest BCUT2D eigenvalue weighted by Gasteiger charge is -2.35. The number of benzene rings is 1. The second-order valence-corrected chi connectivity index (χ2v) is 7.81. The fourth-order valence-corrected chi connectivity index (χ4v) is 4.12. The van der Waals surface area contributed by atoms with Crippen LogP contribution in [-0.2, 0) is 0 Å². The van der Waals surface area contributed by atoms with Crippen LogP contribution in [-0.4, -0.2) is 48.3 Å². The van der Waals surface area contributed by atoms with Crippen molar-refractivity contribution in [3.05, 3.63) is 53.7 Å². The third kappa shape index (κ3) is 5.90. The van der Waals surface area contributed by atoms with Crippen molar-refractivity contribution >= 4 is 17.7 Å². The van der Waals surface area contributed by atoms with Crippen molar-refractivity contribution in [3.8, 4) is 5.75 Å². The Morgan fingerprint density at radius 3 is 2.59 bits per heavy atom. The van der Waals surface area contributed by atoms with E-state index in [9.17, 15) is 13.6 Å². The molecule has 3 rings (SSSR count). The number of nitrogens with one attached hydrogen (secondary N) is 1. The SMILES string of the molecule is COc1ccc(C(CNC(=O)c2cccnc2SC(F)F)N2CCCCC2)cc1. The summed E-state index contributed by atoms with van der Waals surface area (Å²) < 4.78 is 30.8. The molecule has 0 aliphatic carbocycles. The highest BCUT2D eigenvalue weighted by atomic mass is 32.2. The second-order valence-electron chi connectivity index (χ2n) is 6.83. The van der Waals surface area contributed by atoms with Crippen molar-refractivity contribution in [2.24, 2.45) is 0 Å². The van der Waals surface area contributed by atoms with Crippen LogP contribution in [0, 0.1) is 0 Å². The first-order chi connectivity index (χ1) is 14.1. The average Bonchev–Trinajstić information content (AvgIpc) is 2.75. The molecule has 1 N–H and O–H groups in total. The van der Waals surface area contributed by atoms with Crippen molar-refractivity contribution in [1.29, 1.82) is 0 Å². The Labute approximate surface area is 173 Å². The first-order valence-electron chi connectivity index (χ1n) is 9.64. The molecule has 2 heterocycles. The lowest BCUT2D eigenvalue weighted by atomic mass is 10.0. The molecule has 1 amide bonds. The number of rotatable bonds is 8. The molecule has 0 saturated carbocycles. The van der Waals surface area contributed by atoms with E-state index >= 15 is 0 Å². The molecule has 0 radical (unpaired) electrons. The Hall–Kier alpha value is -2.19. The molecule has 1 fully saturated rings. The van der Waals surface area contributed by atoms with Crippen LogP contribution in [0.25, 0.3) is 0 Å². The Morgan fingerprint density at radius 2 is 1.93 bits per heavy atom. The average molecular weight is 422 g/mol. The maximum atomic E-state index is 12.8. The van der Waals surface area contributed by atoms with Gasteiger partial charge in [0, 0.05) is 12.7 Å². The van der Waals surface area contributed by atoms with Crippen molar-refractivity contribution in [1.82, 2.24) is 15.2 Å². The smallest absolute Gasteiger partial charge is 0.290 e. The number of methoxy groups -OCH3 is 1. The van der Waals surface area contributed by atoms with Crippen LogP contribution in [0.15, 0.2) is 47.6 Å². The fraction of sp³-hybridized carbons (Fsp3) is 0.429. The molecule has 0 bridgehead atoms. The summed E-state index contributed by atoms with van der Waals surface area (Å²) in [6.07, 6.45) is 4.87. The zero-order valence-corrected chi connectivity index (χ0v) is 17.1. The Kier molecular flexibility index (Phi) is 7.83. The van der Waals surface area contributed by atoms with Gasteiger partial charge in [-0.25, -0.2) is 4.98 Å². The maximum absolute atomic E-state index is 12.8. The number of halogens is 2. The number of carbonyl (C=O) groups excluding carboxylic acids is 1. The number of likely N-dealkylation sites (tertiary alicyclic amines) is 1. The first-order valence-corrected chi connectivity index (χ1v) is 10.5. The fourth-order valence-electron chi connectivity index (χ4n) is 3.54. The third-order valence-corrected chi connectivity index (χ3v) is 5.73. The third-order valence-electron chi connectivity index (χ3n) is 5.00. The van der Waals surface area contributed by atoms with Gasteiger partial charge < -0.3 is 10.1 Å². The zero-order valence-electron chi connectivity index (χ0n) is 16.3. The van der Waals surface area contributed by atoms with Crippen LogP contribution < -0.4 is 10.1 Å². The van der Waals surface area contributed by atoms with Gasteiger partial charge in [0.1, 0.15) is 10.8 Å². The zero-order chi connectivity index (χ0) is 20.6. The largest absolute Gasteiger partial charge is 0.497 e. The van der Waals surface area contributed by atoms with Crippen molar-refractivity contribution < 1.29 is 18.3 Å². The minimum Gasteiger partial charge on any atom is -0.497 e. The van der Waals surface area contributed by atoms with E-state index < -0.39 is 11.7 Å². The van der Waals surface area contributed by atoms with Crippen LogP contribution >= 0.6 is 11.8 Å². The van der Waals surface area contributed by atoms with Gasteiger partial charge in [0.15, 0.2) is 0 Å². The van der Waals surface area contributed by atoms with E-state index in [4.69, 9.17) is 4.74 Å². The molecule has 156 valence electrons. The highest BCUT2D eigenvalue weighted by Crippen LogP contribution is 2.28. The molecule has 1 saturated heterocycles. The van der Waals surface area contributed by atoms with E-state index in [1.54, 1.807) is 13.2 Å². The summed E-state index contributed by atoms with van der Waals surface area (Å²) in [4.78, 5) is 19.0. The number of aromatic nitrogens is 1. The molecule has 1 aromatic carbocycles. The van der Waals surface area contributed by atoms with Gasteiger partial charge in [-0.05, 0) is 67.5 Å². The topological polar surface area (TPSA) is 54.5 Å². The number of thioether (sulfide) groups is 1. The molecule has 2 aromatic rings. The summed E-state index contributed by atoms with van der Waals surface area (Å²) >= 11 is 0.287. The number of alkyl halides is 2. The predicted octanol–water partition coefficient (Wildman–Crippen LogP) is 4.36. The van der Waals surface area contributed by atoms with Gasteiger partial charge in [-0.15, -0.1) is 0 Å². The van der Waals surface area contributed by atoms with Gasteiger partial charge in [-0.2, -0.15) is 8.78 Å². The van der Waals surface area contributed by atoms with Crippen LogP contribution in [0.5, 0.6) is 5.75 Å². The van der Waals surface area contributed by atoms with Crippen molar-refractivity contribution in [2.75, 3.05) is 26.7 Å². The van der Waals surface area contributed by atoms with E-state index in [1.807, 2.05) is 24.3 Å². The first kappa shape index (κ1) is 21.5. The number of carbonyl (C=O) groups is 1. The van der Waals surface area contributed by atoms with E-state index in [-0.39, 0.29) is 28.4 Å². The quantitative estimate of drug-likeness (QED) is 0.642. The molecule has 5 nitrogen and oxygen atoms in total. The summed E-state index contributed by atoms with van der Waals surface area (Å²) in [5, 5.41) is 2.97. The normalized spacial score (nSPS) is 15.9. The molecular formula is C21H25F2N3O2S. The molecule has 8 heteroatoms. The van der Waals surface area contributed by atoms with Crippen LogP contribution in [0.3, 0.4) is 0 Å². The Balaban J connectivity index is 1.75. The number of hydrogen-bond donors (Lipinski definition) is 1. The lowest BCUT2D eigenvalue weighted by molar-refractivity contribution is 0.0920. The highest BCUT2D eigenvalue weighted by molar-refractivity contribution is 7.99. The number of piperidine rings is 1. The van der Waals surface area contributed by atoms with Gasteiger partial charge in [0.05, 0.1) is 18.7 Å². The molecule has 29 heavy (non-hydrogen) atoms. The molecule has 1 aliphatic heterocycles. The van der Waals surface area contributed by atoms with Crippen LogP contribution in [0.1, 0.15) is 41.2 Å². The summed E-state index contributed by atoms with van der Waals surface area (Å²) in [6.45, 7) is 2.32. The number of amides is 1. The van der Waals surface area contributed by atoms with E-state index in [2.05, 4.69) is 15.2 Å².